The van der Waals surface area contributed by atoms with E-state index in [9.17, 15) is 38.6 Å². The fourth-order valence-electron chi connectivity index (χ4n) is 5.56. The SMILES string of the molecule is O=c1oc2cc(Oc3ccc4c(CBr)c(Cc5cccc([N+](=O)[O-])c5F)c(=O)oc4c3)ccc2c(CBr)c1Cc1cccc([N+](=O)[O-])c1F. The second-order valence-electron chi connectivity index (χ2n) is 10.7. The van der Waals surface area contributed by atoms with Crippen molar-refractivity contribution in [3.05, 3.63) is 159 Å². The van der Waals surface area contributed by atoms with E-state index in [4.69, 9.17) is 13.6 Å². The molecule has 248 valence electrons. The first kappa shape index (κ1) is 33.6. The summed E-state index contributed by atoms with van der Waals surface area (Å²) in [5.41, 5.74) is -1.31. The van der Waals surface area contributed by atoms with Crippen LogP contribution in [-0.2, 0) is 23.5 Å². The van der Waals surface area contributed by atoms with Gasteiger partial charge in [-0.3, -0.25) is 20.2 Å². The summed E-state index contributed by atoms with van der Waals surface area (Å²) in [5.74, 6) is -1.51. The molecule has 6 aromatic rings. The molecule has 0 atom stereocenters. The lowest BCUT2D eigenvalue weighted by atomic mass is 9.98. The summed E-state index contributed by atoms with van der Waals surface area (Å²) in [5, 5.41) is 23.9. The number of benzene rings is 4. The Morgan fingerprint density at radius 1 is 0.633 bits per heavy atom. The first-order valence-corrected chi connectivity index (χ1v) is 16.6. The minimum atomic E-state index is -1.03. The lowest BCUT2D eigenvalue weighted by Crippen LogP contribution is -2.13. The molecule has 4 aromatic carbocycles. The van der Waals surface area contributed by atoms with Crippen LogP contribution in [0.15, 0.2) is 91.2 Å². The third kappa shape index (κ3) is 6.46. The van der Waals surface area contributed by atoms with Gasteiger partial charge in [0, 0.05) is 69.7 Å². The molecular formula is C34H20Br2F2N2O9. The van der Waals surface area contributed by atoms with Crippen molar-refractivity contribution in [2.24, 2.45) is 0 Å². The summed E-state index contributed by atoms with van der Waals surface area (Å²) in [4.78, 5) is 46.9. The molecular weight excluding hydrogens is 778 g/mol. The van der Waals surface area contributed by atoms with Crippen molar-refractivity contribution in [2.75, 3.05) is 0 Å². The van der Waals surface area contributed by atoms with E-state index in [0.29, 0.717) is 21.9 Å². The first-order valence-electron chi connectivity index (χ1n) is 14.3. The van der Waals surface area contributed by atoms with Gasteiger partial charge in [-0.25, -0.2) is 9.59 Å². The standard InChI is InChI=1S/C34H20Br2F2N2O9/c35-15-25-21-9-7-19(13-29(21)48-33(41)23(25)11-17-3-1-5-27(31(17)37)39(43)44)47-20-8-10-22-26(16-36)24(34(42)49-30(22)14-20)12-18-4-2-6-28(32(18)38)40(45)46/h1-10,13-14H,11-12,15-16H2. The van der Waals surface area contributed by atoms with E-state index < -0.39 is 44.1 Å². The Morgan fingerprint density at radius 2 is 1.04 bits per heavy atom. The van der Waals surface area contributed by atoms with Crippen LogP contribution in [0.2, 0.25) is 0 Å². The first-order chi connectivity index (χ1) is 23.5. The molecule has 0 N–H and O–H groups in total. The van der Waals surface area contributed by atoms with Crippen molar-refractivity contribution >= 4 is 65.2 Å². The third-order valence-electron chi connectivity index (χ3n) is 7.93. The molecule has 11 nitrogen and oxygen atoms in total. The fourth-order valence-corrected chi connectivity index (χ4v) is 6.84. The summed E-state index contributed by atoms with van der Waals surface area (Å²) in [6.07, 6.45) is -0.461. The summed E-state index contributed by atoms with van der Waals surface area (Å²) in [7, 11) is 0. The monoisotopic (exact) mass is 796 g/mol. The molecule has 0 saturated heterocycles. The van der Waals surface area contributed by atoms with Gasteiger partial charge in [0.1, 0.15) is 22.7 Å². The Morgan fingerprint density at radius 3 is 1.41 bits per heavy atom. The topological polar surface area (TPSA) is 156 Å². The Balaban J connectivity index is 1.32. The van der Waals surface area contributed by atoms with Gasteiger partial charge in [0.2, 0.25) is 11.6 Å². The molecule has 2 aromatic heterocycles. The molecule has 0 amide bonds. The Hall–Kier alpha value is -5.28. The average Bonchev–Trinajstić information content (AvgIpc) is 3.06. The summed E-state index contributed by atoms with van der Waals surface area (Å²) in [6.45, 7) is 0. The molecule has 0 unspecified atom stereocenters. The van der Waals surface area contributed by atoms with Gasteiger partial charge in [-0.2, -0.15) is 8.78 Å². The molecule has 6 rings (SSSR count). The lowest BCUT2D eigenvalue weighted by Gasteiger charge is -2.13. The predicted molar refractivity (Wildman–Crippen MR) is 182 cm³/mol. The fraction of sp³-hybridized carbons (Fsp3) is 0.118. The molecule has 0 radical (unpaired) electrons. The number of nitro groups is 2. The van der Waals surface area contributed by atoms with E-state index in [0.717, 1.165) is 12.1 Å². The van der Waals surface area contributed by atoms with Gasteiger partial charge < -0.3 is 13.6 Å². The van der Waals surface area contributed by atoms with E-state index in [2.05, 4.69) is 31.9 Å². The van der Waals surface area contributed by atoms with Crippen molar-refractivity contribution in [2.45, 2.75) is 23.5 Å². The van der Waals surface area contributed by atoms with Crippen LogP contribution >= 0.6 is 31.9 Å². The number of hydrogen-bond acceptors (Lipinski definition) is 9. The van der Waals surface area contributed by atoms with E-state index in [1.165, 1.54) is 36.4 Å². The number of hydrogen-bond donors (Lipinski definition) is 0. The van der Waals surface area contributed by atoms with Crippen LogP contribution in [0.3, 0.4) is 0 Å². The minimum absolute atomic E-state index is 0.0302. The number of halogens is 4. The van der Waals surface area contributed by atoms with Crippen LogP contribution in [0.5, 0.6) is 11.5 Å². The van der Waals surface area contributed by atoms with Crippen LogP contribution in [0.4, 0.5) is 20.2 Å². The van der Waals surface area contributed by atoms with Gasteiger partial charge in [-0.1, -0.05) is 56.1 Å². The van der Waals surface area contributed by atoms with Crippen molar-refractivity contribution in [1.82, 2.24) is 0 Å². The second-order valence-corrected chi connectivity index (χ2v) is 11.9. The summed E-state index contributed by atoms with van der Waals surface area (Å²) in [6, 6.07) is 17.0. The molecule has 49 heavy (non-hydrogen) atoms. The number of rotatable bonds is 10. The normalized spacial score (nSPS) is 11.3. The molecule has 0 saturated carbocycles. The Kier molecular flexibility index (Phi) is 9.39. The van der Waals surface area contributed by atoms with E-state index >= 15 is 0 Å². The van der Waals surface area contributed by atoms with E-state index in [1.807, 2.05) is 0 Å². The van der Waals surface area contributed by atoms with E-state index in [-0.39, 0.29) is 68.4 Å². The van der Waals surface area contributed by atoms with Gasteiger partial charge >= 0.3 is 22.6 Å². The molecule has 0 aliphatic carbocycles. The van der Waals surface area contributed by atoms with Gasteiger partial charge in [0.15, 0.2) is 0 Å². The molecule has 2 heterocycles. The quantitative estimate of drug-likeness (QED) is 0.0572. The lowest BCUT2D eigenvalue weighted by molar-refractivity contribution is -0.387. The highest BCUT2D eigenvalue weighted by Gasteiger charge is 2.23. The van der Waals surface area contributed by atoms with Crippen molar-refractivity contribution in [1.29, 1.82) is 0 Å². The van der Waals surface area contributed by atoms with Gasteiger partial charge in [0.05, 0.1) is 9.85 Å². The molecule has 0 bridgehead atoms. The predicted octanol–water partition coefficient (Wildman–Crippen LogP) is 8.76. The molecule has 0 spiro atoms. The molecule has 0 aliphatic rings. The number of ether oxygens (including phenoxy) is 1. The Labute approximate surface area is 290 Å². The zero-order chi connectivity index (χ0) is 35.0. The number of alkyl halides is 2. The van der Waals surface area contributed by atoms with Crippen molar-refractivity contribution < 1.29 is 32.2 Å². The van der Waals surface area contributed by atoms with Gasteiger partial charge in [0.25, 0.3) is 0 Å². The van der Waals surface area contributed by atoms with Crippen molar-refractivity contribution in [3.63, 3.8) is 0 Å². The maximum absolute atomic E-state index is 14.8. The zero-order valence-electron chi connectivity index (χ0n) is 24.8. The van der Waals surface area contributed by atoms with Crippen LogP contribution < -0.4 is 16.0 Å². The maximum Gasteiger partial charge on any atom is 0.340 e. The number of nitro benzene ring substituents is 2. The van der Waals surface area contributed by atoms with E-state index in [1.54, 1.807) is 24.3 Å². The summed E-state index contributed by atoms with van der Waals surface area (Å²) < 4.78 is 46.8. The van der Waals surface area contributed by atoms with Gasteiger partial charge in [-0.15, -0.1) is 0 Å². The highest BCUT2D eigenvalue weighted by Crippen LogP contribution is 2.33. The smallest absolute Gasteiger partial charge is 0.340 e. The zero-order valence-corrected chi connectivity index (χ0v) is 28.0. The largest absolute Gasteiger partial charge is 0.457 e. The Bertz CT molecular complexity index is 2280. The molecule has 15 heteroatoms. The van der Waals surface area contributed by atoms with Gasteiger partial charge in [-0.05, 0) is 46.5 Å². The highest BCUT2D eigenvalue weighted by molar-refractivity contribution is 9.08. The maximum atomic E-state index is 14.8. The van der Waals surface area contributed by atoms with Crippen LogP contribution in [0.25, 0.3) is 21.9 Å². The van der Waals surface area contributed by atoms with Crippen LogP contribution in [-0.4, -0.2) is 9.85 Å². The molecule has 0 aliphatic heterocycles. The number of fused-ring (bicyclic) bond motifs is 2. The van der Waals surface area contributed by atoms with Crippen LogP contribution in [0, 0.1) is 31.9 Å². The minimum Gasteiger partial charge on any atom is -0.457 e. The molecule has 0 fully saturated rings. The number of nitrogens with zero attached hydrogens (tertiary/aromatic N) is 2. The van der Waals surface area contributed by atoms with Crippen LogP contribution in [0.1, 0.15) is 33.4 Å². The van der Waals surface area contributed by atoms with Crippen molar-refractivity contribution in [3.8, 4) is 11.5 Å². The average molecular weight is 798 g/mol. The second kappa shape index (κ2) is 13.7. The highest BCUT2D eigenvalue weighted by atomic mass is 79.9. The summed E-state index contributed by atoms with van der Waals surface area (Å²) >= 11 is 6.77. The third-order valence-corrected chi connectivity index (χ3v) is 9.05.